The molecule has 0 saturated heterocycles. The van der Waals surface area contributed by atoms with Crippen LogP contribution in [0.1, 0.15) is 40.2 Å². The van der Waals surface area contributed by atoms with Gasteiger partial charge in [0, 0.05) is 5.69 Å². The number of amides is 2. The Bertz CT molecular complexity index is 536. The molecule has 0 spiro atoms. The monoisotopic (exact) mass is 292 g/mol. The molecule has 0 bridgehead atoms. The minimum Gasteiger partial charge on any atom is -0.481 e. The van der Waals surface area contributed by atoms with Gasteiger partial charge in [0.05, 0.1) is 11.0 Å². The summed E-state index contributed by atoms with van der Waals surface area (Å²) in [5, 5.41) is 14.8. The zero-order valence-electron chi connectivity index (χ0n) is 13.3. The molecule has 0 aromatic heterocycles. The van der Waals surface area contributed by atoms with Crippen molar-refractivity contribution in [2.24, 2.45) is 5.41 Å². The molecule has 1 rings (SSSR count). The molecule has 5 heteroatoms. The van der Waals surface area contributed by atoms with Gasteiger partial charge < -0.3 is 15.7 Å². The molecule has 2 amide bonds. The van der Waals surface area contributed by atoms with Crippen molar-refractivity contribution in [2.45, 2.75) is 46.6 Å². The Labute approximate surface area is 125 Å². The lowest BCUT2D eigenvalue weighted by Gasteiger charge is -2.38. The van der Waals surface area contributed by atoms with Gasteiger partial charge in [-0.15, -0.1) is 0 Å². The van der Waals surface area contributed by atoms with Gasteiger partial charge in [-0.25, -0.2) is 4.79 Å². The molecule has 3 N–H and O–H groups in total. The van der Waals surface area contributed by atoms with Gasteiger partial charge >= 0.3 is 12.0 Å². The minimum absolute atomic E-state index is 0.407. The van der Waals surface area contributed by atoms with E-state index in [1.807, 2.05) is 31.2 Å². The van der Waals surface area contributed by atoms with Crippen LogP contribution in [0.25, 0.3) is 0 Å². The van der Waals surface area contributed by atoms with Crippen LogP contribution in [0, 0.1) is 5.41 Å². The van der Waals surface area contributed by atoms with Gasteiger partial charge in [-0.05, 0) is 45.7 Å². The number of carboxylic acid groups (broad SMARTS) is 1. The molecule has 0 aliphatic heterocycles. The van der Waals surface area contributed by atoms with Crippen molar-refractivity contribution in [1.82, 2.24) is 5.32 Å². The van der Waals surface area contributed by atoms with Gasteiger partial charge in [-0.3, -0.25) is 4.79 Å². The van der Waals surface area contributed by atoms with E-state index in [0.717, 1.165) is 17.7 Å². The fourth-order valence-corrected chi connectivity index (χ4v) is 1.81. The van der Waals surface area contributed by atoms with Gasteiger partial charge in [0.25, 0.3) is 0 Å². The second-order valence-corrected chi connectivity index (χ2v) is 6.14. The third kappa shape index (κ3) is 3.74. The largest absolute Gasteiger partial charge is 0.481 e. The number of urea groups is 1. The van der Waals surface area contributed by atoms with Crippen LogP contribution in [0.4, 0.5) is 10.5 Å². The zero-order valence-corrected chi connectivity index (χ0v) is 13.3. The number of hydrogen-bond donors (Lipinski definition) is 3. The first-order valence-corrected chi connectivity index (χ1v) is 7.02. The van der Waals surface area contributed by atoms with Crippen LogP contribution in [-0.2, 0) is 11.2 Å². The maximum absolute atomic E-state index is 12.2. The Morgan fingerprint density at radius 1 is 1.14 bits per heavy atom. The fourth-order valence-electron chi connectivity index (χ4n) is 1.81. The molecule has 0 atom stereocenters. The van der Waals surface area contributed by atoms with Gasteiger partial charge in [-0.1, -0.05) is 25.1 Å². The highest BCUT2D eigenvalue weighted by Gasteiger charge is 2.44. The Morgan fingerprint density at radius 3 is 2.24 bits per heavy atom. The molecule has 21 heavy (non-hydrogen) atoms. The second-order valence-electron chi connectivity index (χ2n) is 6.14. The summed E-state index contributed by atoms with van der Waals surface area (Å²) >= 11 is 0. The molecule has 1 aromatic carbocycles. The highest BCUT2D eigenvalue weighted by Crippen LogP contribution is 2.30. The number of nitrogens with one attached hydrogen (secondary N) is 2. The van der Waals surface area contributed by atoms with Crippen LogP contribution >= 0.6 is 0 Å². The predicted octanol–water partition coefficient (Wildman–Crippen LogP) is 3.26. The van der Waals surface area contributed by atoms with Crippen LogP contribution in [0.5, 0.6) is 0 Å². The van der Waals surface area contributed by atoms with Crippen LogP contribution in [0.15, 0.2) is 24.3 Å². The summed E-state index contributed by atoms with van der Waals surface area (Å²) in [7, 11) is 0. The van der Waals surface area contributed by atoms with Crippen LogP contribution in [-0.4, -0.2) is 22.6 Å². The standard InChI is InChI=1S/C16H24N2O3/c1-6-11-9-7-8-10-12(11)17-14(21)18-16(4,5)15(2,3)13(19)20/h7-10H,6H2,1-5H3,(H,19,20)(H2,17,18,21). The normalized spacial score (nSPS) is 11.9. The summed E-state index contributed by atoms with van der Waals surface area (Å²) in [4.78, 5) is 23.5. The number of carboxylic acids is 1. The molecule has 0 aliphatic rings. The van der Waals surface area contributed by atoms with E-state index >= 15 is 0 Å². The van der Waals surface area contributed by atoms with E-state index in [0.29, 0.717) is 0 Å². The van der Waals surface area contributed by atoms with E-state index in [-0.39, 0.29) is 0 Å². The number of anilines is 1. The summed E-state index contributed by atoms with van der Waals surface area (Å²) in [6.45, 7) is 8.60. The molecular weight excluding hydrogens is 268 g/mol. The quantitative estimate of drug-likeness (QED) is 0.779. The highest BCUT2D eigenvalue weighted by molar-refractivity contribution is 5.91. The molecule has 0 heterocycles. The molecule has 0 radical (unpaired) electrons. The van der Waals surface area contributed by atoms with Crippen molar-refractivity contribution in [3.63, 3.8) is 0 Å². The minimum atomic E-state index is -1.09. The van der Waals surface area contributed by atoms with E-state index < -0.39 is 23.0 Å². The first kappa shape index (κ1) is 17.0. The lowest BCUT2D eigenvalue weighted by Crippen LogP contribution is -2.57. The molecular formula is C16H24N2O3. The Hall–Kier alpha value is -2.04. The molecule has 116 valence electrons. The molecule has 5 nitrogen and oxygen atoms in total. The Morgan fingerprint density at radius 2 is 1.71 bits per heavy atom. The average Bonchev–Trinajstić information content (AvgIpc) is 2.38. The third-order valence-electron chi connectivity index (χ3n) is 4.17. The van der Waals surface area contributed by atoms with E-state index in [1.54, 1.807) is 27.7 Å². The molecule has 0 saturated carbocycles. The van der Waals surface area contributed by atoms with Gasteiger partial charge in [0.2, 0.25) is 0 Å². The summed E-state index contributed by atoms with van der Waals surface area (Å²) in [6, 6.07) is 7.13. The summed E-state index contributed by atoms with van der Waals surface area (Å²) in [6.07, 6.45) is 0.806. The van der Waals surface area contributed by atoms with E-state index in [4.69, 9.17) is 0 Å². The average molecular weight is 292 g/mol. The topological polar surface area (TPSA) is 78.4 Å². The molecule has 0 aliphatic carbocycles. The van der Waals surface area contributed by atoms with Gasteiger partial charge in [0.1, 0.15) is 0 Å². The molecule has 0 unspecified atom stereocenters. The van der Waals surface area contributed by atoms with Gasteiger partial charge in [-0.2, -0.15) is 0 Å². The number of carbonyl (C=O) groups is 2. The summed E-state index contributed by atoms with van der Waals surface area (Å²) in [5.74, 6) is -0.957. The number of para-hydroxylation sites is 1. The first-order valence-electron chi connectivity index (χ1n) is 7.02. The predicted molar refractivity (Wildman–Crippen MR) is 83.5 cm³/mol. The third-order valence-corrected chi connectivity index (χ3v) is 4.17. The van der Waals surface area contributed by atoms with Crippen molar-refractivity contribution in [3.05, 3.63) is 29.8 Å². The molecule has 1 aromatic rings. The smallest absolute Gasteiger partial charge is 0.319 e. The van der Waals surface area contributed by atoms with Crippen molar-refractivity contribution in [3.8, 4) is 0 Å². The lowest BCUT2D eigenvalue weighted by atomic mass is 9.74. The highest BCUT2D eigenvalue weighted by atomic mass is 16.4. The Kier molecular flexibility index (Phi) is 4.99. The van der Waals surface area contributed by atoms with Crippen LogP contribution < -0.4 is 10.6 Å². The van der Waals surface area contributed by atoms with Crippen molar-refractivity contribution in [1.29, 1.82) is 0 Å². The number of rotatable bonds is 5. The second kappa shape index (κ2) is 6.16. The number of aliphatic carboxylic acids is 1. The number of aryl methyl sites for hydroxylation is 1. The van der Waals surface area contributed by atoms with E-state index in [1.165, 1.54) is 0 Å². The van der Waals surface area contributed by atoms with E-state index in [2.05, 4.69) is 10.6 Å². The van der Waals surface area contributed by atoms with E-state index in [9.17, 15) is 14.7 Å². The fraction of sp³-hybridized carbons (Fsp3) is 0.500. The number of benzene rings is 1. The van der Waals surface area contributed by atoms with Gasteiger partial charge in [0.15, 0.2) is 0 Å². The summed E-state index contributed by atoms with van der Waals surface area (Å²) < 4.78 is 0. The van der Waals surface area contributed by atoms with Crippen LogP contribution in [0.2, 0.25) is 0 Å². The molecule has 0 fully saturated rings. The van der Waals surface area contributed by atoms with Crippen LogP contribution in [0.3, 0.4) is 0 Å². The first-order chi connectivity index (χ1) is 9.61. The number of hydrogen-bond acceptors (Lipinski definition) is 2. The Balaban J connectivity index is 2.84. The lowest BCUT2D eigenvalue weighted by molar-refractivity contribution is -0.150. The maximum atomic E-state index is 12.2. The SMILES string of the molecule is CCc1ccccc1NC(=O)NC(C)(C)C(C)(C)C(=O)O. The van der Waals surface area contributed by atoms with Crippen molar-refractivity contribution >= 4 is 17.7 Å². The van der Waals surface area contributed by atoms with Crippen molar-refractivity contribution in [2.75, 3.05) is 5.32 Å². The zero-order chi connectivity index (χ0) is 16.3. The van der Waals surface area contributed by atoms with Crippen molar-refractivity contribution < 1.29 is 14.7 Å². The summed E-state index contributed by atoms with van der Waals surface area (Å²) in [5.41, 5.74) is -0.219. The number of carbonyl (C=O) groups excluding carboxylic acids is 1. The maximum Gasteiger partial charge on any atom is 0.319 e.